The maximum atomic E-state index is 13.4. The van der Waals surface area contributed by atoms with E-state index in [0.29, 0.717) is 37.4 Å². The molecule has 0 saturated carbocycles. The minimum atomic E-state index is -4.43. The summed E-state index contributed by atoms with van der Waals surface area (Å²) in [5.41, 5.74) is 3.13. The summed E-state index contributed by atoms with van der Waals surface area (Å²) in [6, 6.07) is 28.6. The summed E-state index contributed by atoms with van der Waals surface area (Å²) in [5, 5.41) is 12.6. The SMILES string of the molecule is FC(F)(F)c1ccc([C@H](c2nnnn2CCc2ccccc2)N(Cc2ccccc2)Cc2cccnc2)cc1. The van der Waals surface area contributed by atoms with Gasteiger partial charge in [0.2, 0.25) is 0 Å². The van der Waals surface area contributed by atoms with Crippen LogP contribution in [0, 0.1) is 0 Å². The van der Waals surface area contributed by atoms with Gasteiger partial charge in [0, 0.05) is 32.0 Å². The first-order valence-electron chi connectivity index (χ1n) is 12.6. The van der Waals surface area contributed by atoms with Crippen LogP contribution in [0.2, 0.25) is 0 Å². The topological polar surface area (TPSA) is 59.7 Å². The van der Waals surface area contributed by atoms with E-state index in [9.17, 15) is 13.2 Å². The standard InChI is InChI=1S/C30H27F3N6/c31-30(32,33)27-15-13-26(14-16-27)28(29-35-36-37-39(29)19-17-23-8-3-1-4-9-23)38(21-24-10-5-2-6-11-24)22-25-12-7-18-34-20-25/h1-16,18,20,28H,17,19,21-22H2/t28-/m1/s1. The Morgan fingerprint density at radius 2 is 1.38 bits per heavy atom. The number of alkyl halides is 3. The van der Waals surface area contributed by atoms with E-state index in [4.69, 9.17) is 0 Å². The van der Waals surface area contributed by atoms with E-state index in [1.165, 1.54) is 12.1 Å². The summed E-state index contributed by atoms with van der Waals surface area (Å²) >= 11 is 0. The maximum absolute atomic E-state index is 13.4. The second kappa shape index (κ2) is 12.0. The van der Waals surface area contributed by atoms with Gasteiger partial charge in [-0.15, -0.1) is 5.10 Å². The zero-order valence-electron chi connectivity index (χ0n) is 21.1. The Bertz CT molecular complexity index is 1400. The second-order valence-electron chi connectivity index (χ2n) is 9.27. The third-order valence-corrected chi connectivity index (χ3v) is 6.52. The van der Waals surface area contributed by atoms with Crippen LogP contribution in [0.5, 0.6) is 0 Å². The molecule has 0 amide bonds. The molecule has 39 heavy (non-hydrogen) atoms. The molecule has 0 N–H and O–H groups in total. The average Bonchev–Trinajstić information content (AvgIpc) is 3.41. The number of nitrogens with zero attached hydrogens (tertiary/aromatic N) is 6. The van der Waals surface area contributed by atoms with Crippen LogP contribution in [0.1, 0.15) is 39.7 Å². The summed E-state index contributed by atoms with van der Waals surface area (Å²) in [6.45, 7) is 1.53. The van der Waals surface area contributed by atoms with Gasteiger partial charge in [-0.05, 0) is 57.3 Å². The molecule has 9 heteroatoms. The van der Waals surface area contributed by atoms with Crippen molar-refractivity contribution < 1.29 is 13.2 Å². The Morgan fingerprint density at radius 1 is 0.744 bits per heavy atom. The van der Waals surface area contributed by atoms with Crippen molar-refractivity contribution in [2.45, 2.75) is 38.3 Å². The van der Waals surface area contributed by atoms with Crippen LogP contribution in [-0.2, 0) is 32.2 Å². The van der Waals surface area contributed by atoms with E-state index < -0.39 is 17.8 Å². The lowest BCUT2D eigenvalue weighted by Crippen LogP contribution is -2.31. The fourth-order valence-electron chi connectivity index (χ4n) is 4.61. The Morgan fingerprint density at radius 3 is 2.03 bits per heavy atom. The van der Waals surface area contributed by atoms with E-state index >= 15 is 0 Å². The first-order valence-corrected chi connectivity index (χ1v) is 12.6. The van der Waals surface area contributed by atoms with E-state index in [-0.39, 0.29) is 0 Å². The molecule has 0 bridgehead atoms. The van der Waals surface area contributed by atoms with Crippen LogP contribution in [0.15, 0.2) is 109 Å². The van der Waals surface area contributed by atoms with Crippen LogP contribution in [-0.4, -0.2) is 30.1 Å². The number of hydrogen-bond donors (Lipinski definition) is 0. The molecule has 2 aromatic heterocycles. The number of benzene rings is 3. The summed E-state index contributed by atoms with van der Waals surface area (Å²) < 4.78 is 41.9. The summed E-state index contributed by atoms with van der Waals surface area (Å²) in [4.78, 5) is 6.43. The third-order valence-electron chi connectivity index (χ3n) is 6.52. The molecular weight excluding hydrogens is 501 g/mol. The number of tetrazole rings is 1. The maximum Gasteiger partial charge on any atom is 0.416 e. The minimum absolute atomic E-state index is 0.486. The van der Waals surface area contributed by atoms with E-state index in [2.05, 4.69) is 25.4 Å². The predicted molar refractivity (Wildman–Crippen MR) is 141 cm³/mol. The van der Waals surface area contributed by atoms with E-state index in [1.807, 2.05) is 72.8 Å². The van der Waals surface area contributed by atoms with Crippen molar-refractivity contribution in [3.8, 4) is 0 Å². The highest BCUT2D eigenvalue weighted by molar-refractivity contribution is 5.31. The molecule has 198 valence electrons. The highest BCUT2D eigenvalue weighted by Gasteiger charge is 2.32. The Kier molecular flexibility index (Phi) is 8.07. The molecule has 0 unspecified atom stereocenters. The van der Waals surface area contributed by atoms with Crippen molar-refractivity contribution in [2.24, 2.45) is 0 Å². The number of halogens is 3. The Hall–Kier alpha value is -4.37. The van der Waals surface area contributed by atoms with Crippen LogP contribution in [0.4, 0.5) is 13.2 Å². The van der Waals surface area contributed by atoms with E-state index in [0.717, 1.165) is 28.8 Å². The van der Waals surface area contributed by atoms with Gasteiger partial charge in [-0.3, -0.25) is 9.88 Å². The van der Waals surface area contributed by atoms with Crippen LogP contribution < -0.4 is 0 Å². The predicted octanol–water partition coefficient (Wildman–Crippen LogP) is 6.12. The average molecular weight is 529 g/mol. The van der Waals surface area contributed by atoms with Gasteiger partial charge in [0.05, 0.1) is 11.6 Å². The zero-order chi connectivity index (χ0) is 27.1. The van der Waals surface area contributed by atoms with Gasteiger partial charge < -0.3 is 0 Å². The molecule has 2 heterocycles. The number of rotatable bonds is 10. The molecule has 0 aliphatic heterocycles. The van der Waals surface area contributed by atoms with Crippen molar-refractivity contribution in [2.75, 3.05) is 0 Å². The molecule has 0 spiro atoms. The zero-order valence-corrected chi connectivity index (χ0v) is 21.1. The normalized spacial score (nSPS) is 12.5. The van der Waals surface area contributed by atoms with Crippen molar-refractivity contribution in [1.82, 2.24) is 30.1 Å². The van der Waals surface area contributed by atoms with Crippen LogP contribution in [0.25, 0.3) is 0 Å². The number of hydrogen-bond acceptors (Lipinski definition) is 5. The van der Waals surface area contributed by atoms with Crippen molar-refractivity contribution in [3.05, 3.63) is 143 Å². The molecular formula is C30H27F3N6. The highest BCUT2D eigenvalue weighted by atomic mass is 19.4. The third kappa shape index (κ3) is 6.74. The summed E-state index contributed by atoms with van der Waals surface area (Å²) in [7, 11) is 0. The lowest BCUT2D eigenvalue weighted by atomic mass is 10.0. The Balaban J connectivity index is 1.56. The fraction of sp³-hybridized carbons (Fsp3) is 0.200. The van der Waals surface area contributed by atoms with Gasteiger partial charge >= 0.3 is 6.18 Å². The smallest absolute Gasteiger partial charge is 0.281 e. The highest BCUT2D eigenvalue weighted by Crippen LogP contribution is 2.34. The number of pyridine rings is 1. The van der Waals surface area contributed by atoms with Gasteiger partial charge in [0.1, 0.15) is 0 Å². The van der Waals surface area contributed by atoms with Gasteiger partial charge in [-0.2, -0.15) is 13.2 Å². The largest absolute Gasteiger partial charge is 0.416 e. The molecule has 0 fully saturated rings. The summed E-state index contributed by atoms with van der Waals surface area (Å²) in [6.07, 6.45) is -0.215. The lowest BCUT2D eigenvalue weighted by Gasteiger charge is -2.31. The second-order valence-corrected chi connectivity index (χ2v) is 9.27. The van der Waals surface area contributed by atoms with Gasteiger partial charge in [0.25, 0.3) is 0 Å². The molecule has 1 atom stereocenters. The van der Waals surface area contributed by atoms with Crippen LogP contribution in [0.3, 0.4) is 0 Å². The monoisotopic (exact) mass is 528 g/mol. The molecule has 0 saturated heterocycles. The molecule has 0 aliphatic carbocycles. The molecule has 0 radical (unpaired) electrons. The van der Waals surface area contributed by atoms with Gasteiger partial charge in [0.15, 0.2) is 5.82 Å². The minimum Gasteiger partial charge on any atom is -0.281 e. The molecule has 0 aliphatic rings. The van der Waals surface area contributed by atoms with Crippen molar-refractivity contribution in [1.29, 1.82) is 0 Å². The molecule has 5 rings (SSSR count). The first-order chi connectivity index (χ1) is 19.0. The van der Waals surface area contributed by atoms with E-state index in [1.54, 1.807) is 17.1 Å². The molecule has 5 aromatic rings. The van der Waals surface area contributed by atoms with Crippen molar-refractivity contribution in [3.63, 3.8) is 0 Å². The van der Waals surface area contributed by atoms with Gasteiger partial charge in [-0.1, -0.05) is 78.9 Å². The quantitative estimate of drug-likeness (QED) is 0.219. The van der Waals surface area contributed by atoms with Crippen molar-refractivity contribution >= 4 is 0 Å². The number of aromatic nitrogens is 5. The molecule has 6 nitrogen and oxygen atoms in total. The lowest BCUT2D eigenvalue weighted by molar-refractivity contribution is -0.137. The Labute approximate surface area is 224 Å². The van der Waals surface area contributed by atoms with Gasteiger partial charge in [-0.25, -0.2) is 4.68 Å². The van der Waals surface area contributed by atoms with Crippen LogP contribution >= 0.6 is 0 Å². The fourth-order valence-corrected chi connectivity index (χ4v) is 4.61. The number of aryl methyl sites for hydroxylation is 2. The first kappa shape index (κ1) is 26.2. The molecule has 3 aromatic carbocycles. The summed E-state index contributed by atoms with van der Waals surface area (Å²) in [5.74, 6) is 0.561.